The van der Waals surface area contributed by atoms with Crippen LogP contribution in [0.4, 0.5) is 8.78 Å². The maximum absolute atomic E-state index is 14.2. The van der Waals surface area contributed by atoms with Crippen molar-refractivity contribution in [3.63, 3.8) is 0 Å². The Labute approximate surface area is 162 Å². The average molecular weight is 403 g/mol. The Balaban J connectivity index is 1.97. The number of nitrogens with zero attached hydrogens (tertiary/aromatic N) is 4. The quantitative estimate of drug-likeness (QED) is 0.510. The number of rotatable bonds is 4. The molecule has 0 aliphatic heterocycles. The van der Waals surface area contributed by atoms with Gasteiger partial charge in [0.1, 0.15) is 5.82 Å². The van der Waals surface area contributed by atoms with Crippen LogP contribution in [0.3, 0.4) is 0 Å². The molecule has 0 amide bonds. The molecule has 0 N–H and O–H groups in total. The molecule has 9 heteroatoms. The van der Waals surface area contributed by atoms with E-state index in [2.05, 4.69) is 9.97 Å². The van der Waals surface area contributed by atoms with Crippen molar-refractivity contribution in [3.8, 4) is 17.4 Å². The molecule has 6 nitrogen and oxygen atoms in total. The molecular formula is C19H13ClF2N4O2. The van der Waals surface area contributed by atoms with Gasteiger partial charge in [-0.05, 0) is 49.4 Å². The van der Waals surface area contributed by atoms with Crippen molar-refractivity contribution in [2.24, 2.45) is 0 Å². The van der Waals surface area contributed by atoms with E-state index in [4.69, 9.17) is 16.3 Å². The predicted molar refractivity (Wildman–Crippen MR) is 100 cm³/mol. The van der Waals surface area contributed by atoms with E-state index in [1.54, 1.807) is 4.57 Å². The zero-order valence-corrected chi connectivity index (χ0v) is 15.3. The van der Waals surface area contributed by atoms with Gasteiger partial charge in [-0.3, -0.25) is 4.79 Å². The van der Waals surface area contributed by atoms with Gasteiger partial charge in [0, 0.05) is 11.6 Å². The SMILES string of the molecule is CCn1cnc2c(=O)n(-c3ccc(F)cc3)c(Oc3ccc(Cl)cc3F)nc21. The van der Waals surface area contributed by atoms with Crippen molar-refractivity contribution in [2.75, 3.05) is 0 Å². The van der Waals surface area contributed by atoms with Crippen LogP contribution in [0.2, 0.25) is 5.02 Å². The minimum absolute atomic E-state index is 0.120. The van der Waals surface area contributed by atoms with Crippen LogP contribution in [0.1, 0.15) is 6.92 Å². The zero-order chi connectivity index (χ0) is 19.8. The first-order chi connectivity index (χ1) is 13.5. The fraction of sp³-hybridized carbons (Fsp3) is 0.105. The summed E-state index contributed by atoms with van der Waals surface area (Å²) in [4.78, 5) is 21.5. The normalized spacial score (nSPS) is 11.1. The van der Waals surface area contributed by atoms with Gasteiger partial charge in [0.2, 0.25) is 0 Å². The van der Waals surface area contributed by atoms with Crippen molar-refractivity contribution in [2.45, 2.75) is 13.5 Å². The largest absolute Gasteiger partial charge is 0.422 e. The van der Waals surface area contributed by atoms with Crippen molar-refractivity contribution < 1.29 is 13.5 Å². The van der Waals surface area contributed by atoms with Gasteiger partial charge in [-0.2, -0.15) is 4.98 Å². The Morgan fingerprint density at radius 2 is 1.89 bits per heavy atom. The zero-order valence-electron chi connectivity index (χ0n) is 14.6. The number of benzene rings is 2. The summed E-state index contributed by atoms with van der Waals surface area (Å²) in [7, 11) is 0. The van der Waals surface area contributed by atoms with Crippen LogP contribution in [-0.2, 0) is 6.54 Å². The molecule has 0 spiro atoms. The van der Waals surface area contributed by atoms with Gasteiger partial charge >= 0.3 is 6.01 Å². The van der Waals surface area contributed by atoms with Crippen LogP contribution in [0.15, 0.2) is 53.6 Å². The van der Waals surface area contributed by atoms with Crippen LogP contribution in [-0.4, -0.2) is 19.1 Å². The van der Waals surface area contributed by atoms with E-state index >= 15 is 0 Å². The molecule has 0 saturated carbocycles. The molecule has 2 aromatic heterocycles. The summed E-state index contributed by atoms with van der Waals surface area (Å²) < 4.78 is 36.0. The number of hydrogen-bond acceptors (Lipinski definition) is 4. The lowest BCUT2D eigenvalue weighted by atomic mass is 10.3. The van der Waals surface area contributed by atoms with Gasteiger partial charge in [-0.25, -0.2) is 18.3 Å². The van der Waals surface area contributed by atoms with Crippen molar-refractivity contribution in [1.82, 2.24) is 19.1 Å². The van der Waals surface area contributed by atoms with Crippen molar-refractivity contribution in [3.05, 3.63) is 75.8 Å². The molecule has 0 saturated heterocycles. The molecule has 0 bridgehead atoms. The van der Waals surface area contributed by atoms with Crippen molar-refractivity contribution in [1.29, 1.82) is 0 Å². The molecule has 28 heavy (non-hydrogen) atoms. The third kappa shape index (κ3) is 3.11. The van der Waals surface area contributed by atoms with Crippen molar-refractivity contribution >= 4 is 22.8 Å². The standard InChI is InChI=1S/C19H13ClF2N4O2/c1-2-25-10-23-16-17(25)24-19(28-15-8-3-11(20)9-14(15)22)26(18(16)27)13-6-4-12(21)5-7-13/h3-10H,2H2,1H3. The summed E-state index contributed by atoms with van der Waals surface area (Å²) in [5, 5.41) is 0.202. The summed E-state index contributed by atoms with van der Waals surface area (Å²) in [5.41, 5.74) is 0.203. The lowest BCUT2D eigenvalue weighted by Crippen LogP contribution is -2.22. The van der Waals surface area contributed by atoms with Crippen LogP contribution in [0.25, 0.3) is 16.9 Å². The topological polar surface area (TPSA) is 61.9 Å². The van der Waals surface area contributed by atoms with E-state index in [0.717, 1.165) is 10.6 Å². The molecule has 0 aliphatic carbocycles. The first-order valence-electron chi connectivity index (χ1n) is 8.34. The fourth-order valence-electron chi connectivity index (χ4n) is 2.75. The Bertz CT molecular complexity index is 1240. The second kappa shape index (κ2) is 7.05. The highest BCUT2D eigenvalue weighted by Gasteiger charge is 2.19. The number of fused-ring (bicyclic) bond motifs is 1. The minimum Gasteiger partial charge on any atom is -0.422 e. The molecule has 4 aromatic rings. The highest BCUT2D eigenvalue weighted by atomic mass is 35.5. The molecule has 0 atom stereocenters. The number of halogens is 3. The van der Waals surface area contributed by atoms with Gasteiger partial charge in [-0.1, -0.05) is 11.6 Å². The molecule has 0 aliphatic rings. The number of aromatic nitrogens is 4. The smallest absolute Gasteiger partial charge is 0.311 e. The molecule has 2 heterocycles. The lowest BCUT2D eigenvalue weighted by Gasteiger charge is -2.13. The Morgan fingerprint density at radius 1 is 1.14 bits per heavy atom. The van der Waals surface area contributed by atoms with Gasteiger partial charge in [0.25, 0.3) is 5.56 Å². The molecular weight excluding hydrogens is 390 g/mol. The molecule has 4 rings (SSSR count). The maximum Gasteiger partial charge on any atom is 0.311 e. The molecule has 0 unspecified atom stereocenters. The molecule has 0 fully saturated rings. The first kappa shape index (κ1) is 18.1. The third-order valence-corrected chi connectivity index (χ3v) is 4.36. The van der Waals surface area contributed by atoms with E-state index < -0.39 is 17.2 Å². The minimum atomic E-state index is -0.712. The Hall–Kier alpha value is -3.26. The van der Waals surface area contributed by atoms with Crippen LogP contribution < -0.4 is 10.3 Å². The third-order valence-electron chi connectivity index (χ3n) is 4.13. The molecule has 142 valence electrons. The summed E-state index contributed by atoms with van der Waals surface area (Å²) in [6.45, 7) is 2.39. The lowest BCUT2D eigenvalue weighted by molar-refractivity contribution is 0.399. The van der Waals surface area contributed by atoms with E-state index in [-0.39, 0.29) is 22.3 Å². The van der Waals surface area contributed by atoms with Gasteiger partial charge in [0.05, 0.1) is 12.0 Å². The van der Waals surface area contributed by atoms with E-state index in [1.807, 2.05) is 6.92 Å². The molecule has 2 aromatic carbocycles. The van der Waals surface area contributed by atoms with E-state index in [1.165, 1.54) is 42.7 Å². The van der Waals surface area contributed by atoms with E-state index in [9.17, 15) is 13.6 Å². The highest BCUT2D eigenvalue weighted by molar-refractivity contribution is 6.30. The summed E-state index contributed by atoms with van der Waals surface area (Å²) in [6, 6.07) is 8.88. The fourth-order valence-corrected chi connectivity index (χ4v) is 2.91. The molecule has 0 radical (unpaired) electrons. The van der Waals surface area contributed by atoms with E-state index in [0.29, 0.717) is 17.9 Å². The maximum atomic E-state index is 14.2. The summed E-state index contributed by atoms with van der Waals surface area (Å²) >= 11 is 5.78. The summed E-state index contributed by atoms with van der Waals surface area (Å²) in [6.07, 6.45) is 1.49. The number of hydrogen-bond donors (Lipinski definition) is 0. The second-order valence-electron chi connectivity index (χ2n) is 5.89. The van der Waals surface area contributed by atoms with Gasteiger partial charge < -0.3 is 9.30 Å². The summed E-state index contributed by atoms with van der Waals surface area (Å²) in [5.74, 6) is -1.34. The number of ether oxygens (including phenoxy) is 1. The predicted octanol–water partition coefficient (Wildman–Crippen LogP) is 4.33. The van der Waals surface area contributed by atoms with Crippen LogP contribution in [0.5, 0.6) is 11.8 Å². The highest BCUT2D eigenvalue weighted by Crippen LogP contribution is 2.27. The second-order valence-corrected chi connectivity index (χ2v) is 6.33. The van der Waals surface area contributed by atoms with Crippen LogP contribution in [0, 0.1) is 11.6 Å². The van der Waals surface area contributed by atoms with Crippen LogP contribution >= 0.6 is 11.6 Å². The average Bonchev–Trinajstić information content (AvgIpc) is 3.08. The van der Waals surface area contributed by atoms with Gasteiger partial charge in [-0.15, -0.1) is 0 Å². The first-order valence-corrected chi connectivity index (χ1v) is 8.72. The monoisotopic (exact) mass is 402 g/mol. The number of aryl methyl sites for hydroxylation is 1. The Morgan fingerprint density at radius 3 is 2.57 bits per heavy atom. The van der Waals surface area contributed by atoms with Gasteiger partial charge in [0.15, 0.2) is 22.7 Å². The number of imidazole rings is 1. The Kier molecular flexibility index (Phi) is 4.56.